The van der Waals surface area contributed by atoms with Crippen molar-refractivity contribution in [1.29, 1.82) is 0 Å². The average molecular weight is 383 g/mol. The number of aryl methyl sites for hydroxylation is 1. The zero-order valence-electron chi connectivity index (χ0n) is 17.8. The Labute approximate surface area is 174 Å². The first kappa shape index (κ1) is 19.6. The summed E-state index contributed by atoms with van der Waals surface area (Å²) in [4.78, 5) is 13.6. The minimum absolute atomic E-state index is 0.0482. The van der Waals surface area contributed by atoms with E-state index in [1.54, 1.807) is 0 Å². The lowest BCUT2D eigenvalue weighted by atomic mass is 9.69. The molecule has 0 aliphatic heterocycles. The third-order valence-electron chi connectivity index (χ3n) is 6.54. The second-order valence-corrected chi connectivity index (χ2v) is 8.38. The van der Waals surface area contributed by atoms with E-state index < -0.39 is 0 Å². The number of benzene rings is 3. The lowest BCUT2D eigenvalue weighted by molar-refractivity contribution is 0.0990. The molecule has 1 aliphatic rings. The molecule has 0 unspecified atom stereocenters. The highest BCUT2D eigenvalue weighted by atomic mass is 16.1. The number of carbonyl (C=O) groups excluding carboxylic acids is 1. The molecule has 1 aliphatic carbocycles. The zero-order chi connectivity index (χ0) is 20.4. The molecule has 0 aromatic heterocycles. The summed E-state index contributed by atoms with van der Waals surface area (Å²) in [5.41, 5.74) is 8.45. The Morgan fingerprint density at radius 1 is 0.793 bits per heavy atom. The minimum Gasteiger partial charge on any atom is -0.294 e. The Balaban J connectivity index is 1.88. The van der Waals surface area contributed by atoms with Gasteiger partial charge >= 0.3 is 0 Å². The summed E-state index contributed by atoms with van der Waals surface area (Å²) in [6.45, 7) is 6.61. The smallest absolute Gasteiger partial charge is 0.167 e. The van der Waals surface area contributed by atoms with E-state index in [2.05, 4.69) is 75.4 Å². The molecule has 0 amide bonds. The number of carbonyl (C=O) groups is 1. The molecule has 0 heterocycles. The normalized spacial score (nSPS) is 13.8. The van der Waals surface area contributed by atoms with Gasteiger partial charge in [-0.1, -0.05) is 93.4 Å². The SMILES string of the molecule is CCCC1(CCC)c2ccccc2-c2cccc(C(=O)Cc3ccccc3C)c21. The summed E-state index contributed by atoms with van der Waals surface area (Å²) in [6.07, 6.45) is 4.84. The van der Waals surface area contributed by atoms with Crippen LogP contribution in [0.5, 0.6) is 0 Å². The predicted octanol–water partition coefficient (Wildman–Crippen LogP) is 7.29. The van der Waals surface area contributed by atoms with Gasteiger partial charge in [0.05, 0.1) is 0 Å². The van der Waals surface area contributed by atoms with Crippen LogP contribution in [0.25, 0.3) is 11.1 Å². The molecule has 0 saturated heterocycles. The van der Waals surface area contributed by atoms with Crippen LogP contribution in [0, 0.1) is 6.92 Å². The standard InChI is InChI=1S/C28H30O/c1-4-17-28(18-5-2)25-16-9-8-13-22(25)23-14-10-15-24(27(23)28)26(29)19-21-12-7-6-11-20(21)3/h6-16H,4-5,17-19H2,1-3H3. The van der Waals surface area contributed by atoms with E-state index in [1.807, 2.05) is 12.1 Å². The Bertz CT molecular complexity index is 1040. The molecule has 0 bridgehead atoms. The number of Topliss-reactive ketones (excluding diaryl/α,β-unsaturated/α-hetero) is 1. The molecule has 0 atom stereocenters. The first-order chi connectivity index (χ1) is 14.1. The fourth-order valence-corrected chi connectivity index (χ4v) is 5.37. The maximum atomic E-state index is 13.6. The largest absolute Gasteiger partial charge is 0.294 e. The molecule has 3 aromatic carbocycles. The highest BCUT2D eigenvalue weighted by Gasteiger charge is 2.43. The van der Waals surface area contributed by atoms with Gasteiger partial charge in [-0.15, -0.1) is 0 Å². The van der Waals surface area contributed by atoms with Crippen LogP contribution in [0.4, 0.5) is 0 Å². The van der Waals surface area contributed by atoms with Gasteiger partial charge in [0.25, 0.3) is 0 Å². The molecule has 3 aromatic rings. The van der Waals surface area contributed by atoms with Crippen molar-refractivity contribution in [2.45, 2.75) is 58.3 Å². The van der Waals surface area contributed by atoms with Crippen LogP contribution in [-0.4, -0.2) is 5.78 Å². The van der Waals surface area contributed by atoms with Gasteiger partial charge in [0.15, 0.2) is 5.78 Å². The van der Waals surface area contributed by atoms with Gasteiger partial charge in [0.2, 0.25) is 0 Å². The Kier molecular flexibility index (Phi) is 5.41. The predicted molar refractivity (Wildman–Crippen MR) is 122 cm³/mol. The van der Waals surface area contributed by atoms with Crippen LogP contribution >= 0.6 is 0 Å². The molecule has 0 radical (unpaired) electrons. The summed E-state index contributed by atoms with van der Waals surface area (Å²) < 4.78 is 0. The number of fused-ring (bicyclic) bond motifs is 3. The van der Waals surface area contributed by atoms with Crippen molar-refractivity contribution in [2.24, 2.45) is 0 Å². The average Bonchev–Trinajstić information content (AvgIpc) is 3.01. The number of ketones is 1. The molecular weight excluding hydrogens is 352 g/mol. The van der Waals surface area contributed by atoms with Crippen LogP contribution in [0.1, 0.15) is 72.1 Å². The molecule has 0 fully saturated rings. The van der Waals surface area contributed by atoms with Gasteiger partial charge in [-0.3, -0.25) is 4.79 Å². The van der Waals surface area contributed by atoms with Gasteiger partial charge in [-0.2, -0.15) is 0 Å². The third-order valence-corrected chi connectivity index (χ3v) is 6.54. The maximum absolute atomic E-state index is 13.6. The first-order valence-electron chi connectivity index (χ1n) is 10.9. The van der Waals surface area contributed by atoms with Crippen LogP contribution in [0.2, 0.25) is 0 Å². The molecule has 29 heavy (non-hydrogen) atoms. The quantitative estimate of drug-likeness (QED) is 0.392. The minimum atomic E-state index is -0.0482. The van der Waals surface area contributed by atoms with Crippen molar-refractivity contribution in [2.75, 3.05) is 0 Å². The Hall–Kier alpha value is -2.67. The van der Waals surface area contributed by atoms with Crippen LogP contribution < -0.4 is 0 Å². The topological polar surface area (TPSA) is 17.1 Å². The van der Waals surface area contributed by atoms with E-state index in [0.717, 1.165) is 36.8 Å². The van der Waals surface area contributed by atoms with Crippen molar-refractivity contribution < 1.29 is 4.79 Å². The molecule has 148 valence electrons. The summed E-state index contributed by atoms with van der Waals surface area (Å²) in [6, 6.07) is 23.4. The summed E-state index contributed by atoms with van der Waals surface area (Å²) in [7, 11) is 0. The molecule has 0 spiro atoms. The third kappa shape index (κ3) is 3.23. The molecular formula is C28H30O. The van der Waals surface area contributed by atoms with Crippen LogP contribution in [0.15, 0.2) is 66.7 Å². The van der Waals surface area contributed by atoms with Crippen molar-refractivity contribution in [1.82, 2.24) is 0 Å². The van der Waals surface area contributed by atoms with Gasteiger partial charge in [0, 0.05) is 17.4 Å². The fourth-order valence-electron chi connectivity index (χ4n) is 5.37. The number of rotatable bonds is 7. The number of hydrogen-bond acceptors (Lipinski definition) is 1. The van der Waals surface area contributed by atoms with Crippen molar-refractivity contribution in [3.63, 3.8) is 0 Å². The number of hydrogen-bond donors (Lipinski definition) is 0. The van der Waals surface area contributed by atoms with Crippen molar-refractivity contribution >= 4 is 5.78 Å². The van der Waals surface area contributed by atoms with Crippen molar-refractivity contribution in [3.05, 3.63) is 94.5 Å². The van der Waals surface area contributed by atoms with Crippen molar-refractivity contribution in [3.8, 4) is 11.1 Å². The summed E-state index contributed by atoms with van der Waals surface area (Å²) in [5.74, 6) is 0.237. The van der Waals surface area contributed by atoms with Gasteiger partial charge in [-0.25, -0.2) is 0 Å². The first-order valence-corrected chi connectivity index (χ1v) is 10.9. The monoisotopic (exact) mass is 382 g/mol. The molecule has 1 heteroatoms. The highest BCUT2D eigenvalue weighted by molar-refractivity contribution is 6.02. The maximum Gasteiger partial charge on any atom is 0.167 e. The van der Waals surface area contributed by atoms with E-state index >= 15 is 0 Å². The van der Waals surface area contributed by atoms with E-state index in [4.69, 9.17) is 0 Å². The Morgan fingerprint density at radius 2 is 1.45 bits per heavy atom. The van der Waals surface area contributed by atoms with E-state index in [1.165, 1.54) is 27.8 Å². The van der Waals surface area contributed by atoms with Gasteiger partial charge in [-0.05, 0) is 53.1 Å². The van der Waals surface area contributed by atoms with E-state index in [-0.39, 0.29) is 11.2 Å². The van der Waals surface area contributed by atoms with Gasteiger partial charge < -0.3 is 0 Å². The Morgan fingerprint density at radius 3 is 2.17 bits per heavy atom. The second kappa shape index (κ2) is 7.99. The molecule has 1 nitrogen and oxygen atoms in total. The second-order valence-electron chi connectivity index (χ2n) is 8.38. The summed E-state index contributed by atoms with van der Waals surface area (Å²) >= 11 is 0. The zero-order valence-corrected chi connectivity index (χ0v) is 17.8. The lowest BCUT2D eigenvalue weighted by Crippen LogP contribution is -2.27. The van der Waals surface area contributed by atoms with Gasteiger partial charge in [0.1, 0.15) is 0 Å². The fraction of sp³-hybridized carbons (Fsp3) is 0.321. The highest BCUT2D eigenvalue weighted by Crippen LogP contribution is 2.54. The van der Waals surface area contributed by atoms with Crippen LogP contribution in [-0.2, 0) is 11.8 Å². The summed E-state index contributed by atoms with van der Waals surface area (Å²) in [5, 5.41) is 0. The molecule has 4 rings (SSSR count). The molecule has 0 N–H and O–H groups in total. The molecule has 0 saturated carbocycles. The van der Waals surface area contributed by atoms with E-state index in [0.29, 0.717) is 6.42 Å². The van der Waals surface area contributed by atoms with E-state index in [9.17, 15) is 4.79 Å². The lowest BCUT2D eigenvalue weighted by Gasteiger charge is -2.33. The van der Waals surface area contributed by atoms with Crippen LogP contribution in [0.3, 0.4) is 0 Å².